The van der Waals surface area contributed by atoms with Crippen molar-refractivity contribution in [3.63, 3.8) is 0 Å². The number of aromatic nitrogens is 3. The van der Waals surface area contributed by atoms with Crippen LogP contribution in [0.4, 0.5) is 5.13 Å². The van der Waals surface area contributed by atoms with Crippen molar-refractivity contribution in [3.05, 3.63) is 29.4 Å². The molecule has 0 fully saturated rings. The molecule has 0 amide bonds. The summed E-state index contributed by atoms with van der Waals surface area (Å²) in [4.78, 5) is 12.0. The molecule has 3 N–H and O–H groups in total. The highest BCUT2D eigenvalue weighted by molar-refractivity contribution is 7.13. The van der Waals surface area contributed by atoms with Gasteiger partial charge in [-0.3, -0.25) is 0 Å². The highest BCUT2D eigenvalue weighted by atomic mass is 32.1. The van der Waals surface area contributed by atoms with E-state index < -0.39 is 0 Å². The van der Waals surface area contributed by atoms with Crippen LogP contribution < -0.4 is 5.73 Å². The highest BCUT2D eigenvalue weighted by Crippen LogP contribution is 2.25. The maximum atomic E-state index is 5.64. The van der Waals surface area contributed by atoms with E-state index in [-0.39, 0.29) is 0 Å². The highest BCUT2D eigenvalue weighted by Gasteiger charge is 2.06. The molecule has 86 valence electrons. The Bertz CT molecular complexity index is 668. The van der Waals surface area contributed by atoms with Gasteiger partial charge in [0.1, 0.15) is 5.82 Å². The monoisotopic (exact) mass is 244 g/mol. The molecule has 0 saturated heterocycles. The average Bonchev–Trinajstić information content (AvgIpc) is 2.93. The lowest BCUT2D eigenvalue weighted by Gasteiger charge is -1.95. The fourth-order valence-electron chi connectivity index (χ4n) is 1.81. The molecule has 0 unspecified atom stereocenters. The van der Waals surface area contributed by atoms with Crippen molar-refractivity contribution in [2.45, 2.75) is 13.3 Å². The molecular formula is C12H12N4S. The van der Waals surface area contributed by atoms with Gasteiger partial charge in [-0.05, 0) is 12.1 Å². The summed E-state index contributed by atoms with van der Waals surface area (Å²) in [5.74, 6) is 1.01. The number of aryl methyl sites for hydroxylation is 1. The number of hydrogen-bond donors (Lipinski definition) is 2. The molecule has 4 nitrogen and oxygen atoms in total. The molecule has 17 heavy (non-hydrogen) atoms. The minimum atomic E-state index is 0.596. The normalized spacial score (nSPS) is 11.1. The molecule has 0 saturated carbocycles. The number of anilines is 1. The predicted octanol–water partition coefficient (Wildman–Crippen LogP) is 2.83. The van der Waals surface area contributed by atoms with E-state index in [1.807, 2.05) is 17.5 Å². The van der Waals surface area contributed by atoms with Gasteiger partial charge in [0.05, 0.1) is 16.7 Å². The number of fused-ring (bicyclic) bond motifs is 1. The van der Waals surface area contributed by atoms with Crippen LogP contribution in [-0.4, -0.2) is 15.0 Å². The average molecular weight is 244 g/mol. The number of nitrogens with zero attached hydrogens (tertiary/aromatic N) is 2. The lowest BCUT2D eigenvalue weighted by atomic mass is 10.1. The molecular weight excluding hydrogens is 232 g/mol. The van der Waals surface area contributed by atoms with E-state index in [9.17, 15) is 0 Å². The SMILES string of the molecule is CCc1nc2ccc(-c3csc(N)n3)cc2[nH]1. The van der Waals surface area contributed by atoms with E-state index in [2.05, 4.69) is 27.9 Å². The Morgan fingerprint density at radius 3 is 2.94 bits per heavy atom. The zero-order valence-corrected chi connectivity index (χ0v) is 10.2. The van der Waals surface area contributed by atoms with Gasteiger partial charge < -0.3 is 10.7 Å². The molecule has 5 heteroatoms. The van der Waals surface area contributed by atoms with Crippen molar-refractivity contribution < 1.29 is 0 Å². The molecule has 0 aliphatic rings. The van der Waals surface area contributed by atoms with Gasteiger partial charge in [0.2, 0.25) is 0 Å². The van der Waals surface area contributed by atoms with Crippen LogP contribution in [0, 0.1) is 0 Å². The Morgan fingerprint density at radius 2 is 2.24 bits per heavy atom. The fourth-order valence-corrected chi connectivity index (χ4v) is 2.38. The molecule has 0 bridgehead atoms. The molecule has 1 aromatic carbocycles. The maximum Gasteiger partial charge on any atom is 0.180 e. The first-order valence-electron chi connectivity index (χ1n) is 5.46. The zero-order valence-electron chi connectivity index (χ0n) is 9.40. The second kappa shape index (κ2) is 3.85. The van der Waals surface area contributed by atoms with Crippen molar-refractivity contribution in [2.75, 3.05) is 5.73 Å². The third-order valence-corrected chi connectivity index (χ3v) is 3.36. The van der Waals surface area contributed by atoms with E-state index in [1.54, 1.807) is 0 Å². The molecule has 3 aromatic rings. The number of thiazole rings is 1. The summed E-state index contributed by atoms with van der Waals surface area (Å²) in [6.45, 7) is 2.08. The van der Waals surface area contributed by atoms with E-state index >= 15 is 0 Å². The molecule has 0 aliphatic heterocycles. The molecule has 0 atom stereocenters. The standard InChI is InChI=1S/C12H12N4S/c1-2-11-14-8-4-3-7(5-9(8)15-11)10-6-17-12(13)16-10/h3-6H,2H2,1H3,(H2,13,16)(H,14,15). The number of nitrogens with one attached hydrogen (secondary N) is 1. The van der Waals surface area contributed by atoms with Gasteiger partial charge in [0.15, 0.2) is 5.13 Å². The number of rotatable bonds is 2. The third kappa shape index (κ3) is 1.78. The number of H-pyrrole nitrogens is 1. The lowest BCUT2D eigenvalue weighted by molar-refractivity contribution is 1.00. The van der Waals surface area contributed by atoms with Gasteiger partial charge in [-0.1, -0.05) is 13.0 Å². The van der Waals surface area contributed by atoms with Crippen LogP contribution in [0.5, 0.6) is 0 Å². The summed E-state index contributed by atoms with van der Waals surface area (Å²) in [6.07, 6.45) is 0.910. The Kier molecular flexibility index (Phi) is 2.33. The van der Waals surface area contributed by atoms with E-state index in [1.165, 1.54) is 11.3 Å². The quantitative estimate of drug-likeness (QED) is 0.728. The smallest absolute Gasteiger partial charge is 0.180 e. The minimum absolute atomic E-state index is 0.596. The second-order valence-corrected chi connectivity index (χ2v) is 4.73. The first kappa shape index (κ1) is 10.3. The van der Waals surface area contributed by atoms with Gasteiger partial charge in [0, 0.05) is 17.4 Å². The Labute approximate surface area is 103 Å². The molecule has 2 heterocycles. The number of nitrogens with two attached hydrogens (primary N) is 1. The number of benzene rings is 1. The van der Waals surface area contributed by atoms with Gasteiger partial charge in [-0.15, -0.1) is 11.3 Å². The maximum absolute atomic E-state index is 5.64. The van der Waals surface area contributed by atoms with Crippen molar-refractivity contribution in [1.29, 1.82) is 0 Å². The van der Waals surface area contributed by atoms with Gasteiger partial charge in [-0.2, -0.15) is 0 Å². The largest absolute Gasteiger partial charge is 0.375 e. The zero-order chi connectivity index (χ0) is 11.8. The topological polar surface area (TPSA) is 67.6 Å². The summed E-state index contributed by atoms with van der Waals surface area (Å²) >= 11 is 1.46. The van der Waals surface area contributed by atoms with Crippen molar-refractivity contribution >= 4 is 27.5 Å². The molecule has 0 spiro atoms. The Balaban J connectivity index is 2.12. The number of imidazole rings is 1. The predicted molar refractivity (Wildman–Crippen MR) is 71.0 cm³/mol. The molecule has 0 aliphatic carbocycles. The summed E-state index contributed by atoms with van der Waals surface area (Å²) < 4.78 is 0. The molecule has 0 radical (unpaired) electrons. The van der Waals surface area contributed by atoms with E-state index in [4.69, 9.17) is 5.73 Å². The first-order chi connectivity index (χ1) is 8.26. The second-order valence-electron chi connectivity index (χ2n) is 3.84. The van der Waals surface area contributed by atoms with Gasteiger partial charge >= 0.3 is 0 Å². The third-order valence-electron chi connectivity index (χ3n) is 2.68. The van der Waals surface area contributed by atoms with E-state index in [0.29, 0.717) is 5.13 Å². The fraction of sp³-hybridized carbons (Fsp3) is 0.167. The summed E-state index contributed by atoms with van der Waals surface area (Å²) in [5.41, 5.74) is 9.67. The number of nitrogen functional groups attached to an aromatic ring is 1. The summed E-state index contributed by atoms with van der Waals surface area (Å²) in [6, 6.07) is 6.10. The minimum Gasteiger partial charge on any atom is -0.375 e. The van der Waals surface area contributed by atoms with Gasteiger partial charge in [0.25, 0.3) is 0 Å². The summed E-state index contributed by atoms with van der Waals surface area (Å²) in [5, 5.41) is 2.56. The first-order valence-corrected chi connectivity index (χ1v) is 6.34. The van der Waals surface area contributed by atoms with E-state index in [0.717, 1.165) is 34.5 Å². The van der Waals surface area contributed by atoms with Crippen LogP contribution in [0.1, 0.15) is 12.7 Å². The Hall–Kier alpha value is -1.88. The number of aromatic amines is 1. The van der Waals surface area contributed by atoms with Gasteiger partial charge in [-0.25, -0.2) is 9.97 Å². The van der Waals surface area contributed by atoms with Crippen molar-refractivity contribution in [2.24, 2.45) is 0 Å². The van der Waals surface area contributed by atoms with Crippen LogP contribution in [0.25, 0.3) is 22.3 Å². The lowest BCUT2D eigenvalue weighted by Crippen LogP contribution is -1.83. The van der Waals surface area contributed by atoms with Crippen LogP contribution >= 0.6 is 11.3 Å². The summed E-state index contributed by atoms with van der Waals surface area (Å²) in [7, 11) is 0. The van der Waals surface area contributed by atoms with Crippen LogP contribution in [-0.2, 0) is 6.42 Å². The Morgan fingerprint density at radius 1 is 1.35 bits per heavy atom. The van der Waals surface area contributed by atoms with Crippen LogP contribution in [0.15, 0.2) is 23.6 Å². The molecule has 3 rings (SSSR count). The van der Waals surface area contributed by atoms with Crippen LogP contribution in [0.2, 0.25) is 0 Å². The van der Waals surface area contributed by atoms with Crippen LogP contribution in [0.3, 0.4) is 0 Å². The molecule has 2 aromatic heterocycles. The number of hydrogen-bond acceptors (Lipinski definition) is 4. The van der Waals surface area contributed by atoms with Crippen molar-refractivity contribution in [3.8, 4) is 11.3 Å². The van der Waals surface area contributed by atoms with Crippen molar-refractivity contribution in [1.82, 2.24) is 15.0 Å².